The number of halogens is 2. The zero-order valence-corrected chi connectivity index (χ0v) is 9.25. The molecule has 0 aliphatic rings. The summed E-state index contributed by atoms with van der Waals surface area (Å²) in [6.45, 7) is 0. The molecular weight excluding hydrogens is 269 g/mol. The fourth-order valence-corrected chi connectivity index (χ4v) is 1.57. The van der Waals surface area contributed by atoms with Crippen LogP contribution < -0.4 is 0 Å². The fraction of sp³-hybridized carbons (Fsp3) is 0. The quantitative estimate of drug-likeness (QED) is 0.785. The Morgan fingerprint density at radius 3 is 2.71 bits per heavy atom. The van der Waals surface area contributed by atoms with E-state index in [9.17, 15) is 4.39 Å². The van der Waals surface area contributed by atoms with Crippen molar-refractivity contribution in [3.8, 4) is 11.4 Å². The molecule has 0 fully saturated rings. The van der Waals surface area contributed by atoms with E-state index in [2.05, 4.69) is 31.1 Å². The molecule has 2 aromatic rings. The van der Waals surface area contributed by atoms with Crippen molar-refractivity contribution in [2.75, 3.05) is 0 Å². The number of nitrogens with one attached hydrogen (secondary N) is 2. The van der Waals surface area contributed by atoms with Crippen molar-refractivity contribution in [3.05, 3.63) is 33.3 Å². The highest BCUT2D eigenvalue weighted by atomic mass is 79.9. The predicted molar refractivity (Wildman–Crippen MR) is 56.9 cm³/mol. The molecule has 6 heteroatoms. The summed E-state index contributed by atoms with van der Waals surface area (Å²) in [5.74, 6) is 0.290. The lowest BCUT2D eigenvalue weighted by atomic mass is 10.2. The van der Waals surface area contributed by atoms with Crippen LogP contribution in [0.5, 0.6) is 0 Å². The fourth-order valence-electron chi connectivity index (χ4n) is 1.05. The molecule has 2 N–H and O–H groups in total. The van der Waals surface area contributed by atoms with E-state index in [1.165, 1.54) is 6.07 Å². The maximum absolute atomic E-state index is 12.9. The van der Waals surface area contributed by atoms with Crippen LogP contribution in [0.2, 0.25) is 0 Å². The van der Waals surface area contributed by atoms with Crippen molar-refractivity contribution in [2.24, 2.45) is 0 Å². The number of benzene rings is 1. The minimum absolute atomic E-state index is 0.303. The van der Waals surface area contributed by atoms with Crippen molar-refractivity contribution < 1.29 is 4.39 Å². The van der Waals surface area contributed by atoms with E-state index in [-0.39, 0.29) is 5.82 Å². The summed E-state index contributed by atoms with van der Waals surface area (Å²) in [5, 5.41) is 5.46. The molecule has 1 aromatic heterocycles. The standard InChI is InChI=1S/C8H5BrFN3S/c9-5-3-4(1-2-6(5)10)7-11-8(14)13-12-7/h1-3H,(H2,11,12,13,14). The molecule has 0 bridgehead atoms. The van der Waals surface area contributed by atoms with Crippen LogP contribution in [0.3, 0.4) is 0 Å². The smallest absolute Gasteiger partial charge is 0.213 e. The summed E-state index contributed by atoms with van der Waals surface area (Å²) in [7, 11) is 0. The number of rotatable bonds is 1. The van der Waals surface area contributed by atoms with E-state index in [0.717, 1.165) is 5.56 Å². The Balaban J connectivity index is 2.52. The van der Waals surface area contributed by atoms with Gasteiger partial charge in [0.15, 0.2) is 5.82 Å². The first kappa shape index (κ1) is 9.54. The minimum atomic E-state index is -0.303. The van der Waals surface area contributed by atoms with Gasteiger partial charge >= 0.3 is 0 Å². The molecule has 0 spiro atoms. The molecule has 1 heterocycles. The molecule has 0 aliphatic carbocycles. The third kappa shape index (κ3) is 1.76. The van der Waals surface area contributed by atoms with Crippen LogP contribution in [-0.2, 0) is 0 Å². The van der Waals surface area contributed by atoms with Gasteiger partial charge in [-0.15, -0.1) is 0 Å². The Hall–Kier alpha value is -1.01. The molecule has 0 saturated heterocycles. The van der Waals surface area contributed by atoms with Gasteiger partial charge in [0.1, 0.15) is 5.82 Å². The van der Waals surface area contributed by atoms with Gasteiger partial charge in [-0.2, -0.15) is 4.98 Å². The Morgan fingerprint density at radius 2 is 2.14 bits per heavy atom. The average molecular weight is 274 g/mol. The van der Waals surface area contributed by atoms with E-state index in [1.807, 2.05) is 0 Å². The molecular formula is C8H5BrFN3S. The molecule has 3 nitrogen and oxygen atoms in total. The number of aromatic nitrogens is 3. The van der Waals surface area contributed by atoms with Gasteiger partial charge in [0.2, 0.25) is 4.77 Å². The van der Waals surface area contributed by atoms with Crippen molar-refractivity contribution >= 4 is 28.1 Å². The second-order valence-electron chi connectivity index (χ2n) is 2.64. The van der Waals surface area contributed by atoms with Gasteiger partial charge in [0.25, 0.3) is 0 Å². The van der Waals surface area contributed by atoms with Crippen LogP contribution in [0.15, 0.2) is 22.7 Å². The molecule has 72 valence electrons. The van der Waals surface area contributed by atoms with Gasteiger partial charge in [-0.1, -0.05) is 0 Å². The number of H-pyrrole nitrogens is 2. The predicted octanol–water partition coefficient (Wildman–Crippen LogP) is 3.04. The van der Waals surface area contributed by atoms with Gasteiger partial charge in [0, 0.05) is 5.56 Å². The molecule has 0 saturated carbocycles. The van der Waals surface area contributed by atoms with Gasteiger partial charge in [-0.05, 0) is 46.3 Å². The van der Waals surface area contributed by atoms with Crippen LogP contribution in [0.1, 0.15) is 0 Å². The highest BCUT2D eigenvalue weighted by Crippen LogP contribution is 2.22. The Morgan fingerprint density at radius 1 is 1.36 bits per heavy atom. The van der Waals surface area contributed by atoms with Crippen LogP contribution >= 0.6 is 28.1 Å². The zero-order valence-electron chi connectivity index (χ0n) is 6.84. The third-order valence-electron chi connectivity index (χ3n) is 1.69. The molecule has 2 rings (SSSR count). The van der Waals surface area contributed by atoms with Gasteiger partial charge < -0.3 is 0 Å². The molecule has 0 amide bonds. The monoisotopic (exact) mass is 273 g/mol. The summed E-state index contributed by atoms with van der Waals surface area (Å²) in [6.07, 6.45) is 0. The number of aromatic amines is 2. The van der Waals surface area contributed by atoms with Crippen molar-refractivity contribution in [1.82, 2.24) is 15.2 Å². The second kappa shape index (κ2) is 3.62. The lowest BCUT2D eigenvalue weighted by molar-refractivity contribution is 0.621. The van der Waals surface area contributed by atoms with E-state index >= 15 is 0 Å². The maximum Gasteiger partial charge on any atom is 0.213 e. The summed E-state index contributed by atoms with van der Waals surface area (Å²) in [6, 6.07) is 4.63. The Labute approximate surface area is 92.5 Å². The topological polar surface area (TPSA) is 44.5 Å². The molecule has 14 heavy (non-hydrogen) atoms. The Kier molecular flexibility index (Phi) is 2.47. The maximum atomic E-state index is 12.9. The van der Waals surface area contributed by atoms with E-state index < -0.39 is 0 Å². The molecule has 1 aromatic carbocycles. The van der Waals surface area contributed by atoms with Gasteiger partial charge in [0.05, 0.1) is 4.47 Å². The summed E-state index contributed by atoms with van der Waals surface area (Å²) < 4.78 is 13.7. The van der Waals surface area contributed by atoms with E-state index in [4.69, 9.17) is 12.2 Å². The summed E-state index contributed by atoms with van der Waals surface area (Å²) in [5.41, 5.74) is 0.769. The van der Waals surface area contributed by atoms with Crippen molar-refractivity contribution in [2.45, 2.75) is 0 Å². The van der Waals surface area contributed by atoms with Crippen LogP contribution in [0.25, 0.3) is 11.4 Å². The lowest BCUT2D eigenvalue weighted by Crippen LogP contribution is -1.83. The highest BCUT2D eigenvalue weighted by Gasteiger charge is 2.04. The average Bonchev–Trinajstić information content (AvgIpc) is 2.57. The Bertz CT molecular complexity index is 519. The molecule has 0 unspecified atom stereocenters. The first-order valence-corrected chi connectivity index (χ1v) is 4.97. The van der Waals surface area contributed by atoms with Gasteiger partial charge in [-0.25, -0.2) is 4.39 Å². The zero-order chi connectivity index (χ0) is 10.1. The number of hydrogen-bond donors (Lipinski definition) is 2. The molecule has 0 radical (unpaired) electrons. The van der Waals surface area contributed by atoms with Crippen molar-refractivity contribution in [3.63, 3.8) is 0 Å². The first-order valence-electron chi connectivity index (χ1n) is 3.77. The normalized spacial score (nSPS) is 10.4. The highest BCUT2D eigenvalue weighted by molar-refractivity contribution is 9.10. The van der Waals surface area contributed by atoms with E-state index in [1.54, 1.807) is 12.1 Å². The van der Waals surface area contributed by atoms with E-state index in [0.29, 0.717) is 15.1 Å². The summed E-state index contributed by atoms with van der Waals surface area (Å²) in [4.78, 5) is 4.01. The summed E-state index contributed by atoms with van der Waals surface area (Å²) >= 11 is 7.91. The van der Waals surface area contributed by atoms with Crippen LogP contribution in [0, 0.1) is 10.6 Å². The molecule has 0 aliphatic heterocycles. The minimum Gasteiger partial charge on any atom is -0.282 e. The largest absolute Gasteiger partial charge is 0.282 e. The third-order valence-corrected chi connectivity index (χ3v) is 2.50. The second-order valence-corrected chi connectivity index (χ2v) is 3.89. The van der Waals surface area contributed by atoms with Gasteiger partial charge in [-0.3, -0.25) is 10.2 Å². The SMILES string of the molecule is Fc1ccc(-c2nc(=S)[nH][nH]2)cc1Br. The molecule has 0 atom stereocenters. The van der Waals surface area contributed by atoms with Crippen LogP contribution in [-0.4, -0.2) is 15.2 Å². The number of nitrogens with zero attached hydrogens (tertiary/aromatic N) is 1. The van der Waals surface area contributed by atoms with Crippen LogP contribution in [0.4, 0.5) is 4.39 Å². The van der Waals surface area contributed by atoms with Crippen molar-refractivity contribution in [1.29, 1.82) is 0 Å². The lowest BCUT2D eigenvalue weighted by Gasteiger charge is -1.97. The number of hydrogen-bond acceptors (Lipinski definition) is 2. The first-order chi connectivity index (χ1) is 6.66.